The van der Waals surface area contributed by atoms with E-state index < -0.39 is 0 Å². The number of pyridine rings is 1. The van der Waals surface area contributed by atoms with E-state index in [9.17, 15) is 4.79 Å². The Balaban J connectivity index is 1.22. The Morgan fingerprint density at radius 2 is 2.03 bits per heavy atom. The van der Waals surface area contributed by atoms with Gasteiger partial charge in [0.05, 0.1) is 17.4 Å². The lowest BCUT2D eigenvalue weighted by Gasteiger charge is -2.34. The van der Waals surface area contributed by atoms with Crippen LogP contribution in [0.1, 0.15) is 11.3 Å². The largest absolute Gasteiger partial charge is 0.357 e. The number of carbonyl (C=O) groups excluding carboxylic acids is 1. The van der Waals surface area contributed by atoms with Gasteiger partial charge >= 0.3 is 0 Å². The summed E-state index contributed by atoms with van der Waals surface area (Å²) in [5, 5.41) is 1.07. The summed E-state index contributed by atoms with van der Waals surface area (Å²) in [4.78, 5) is 25.6. The van der Waals surface area contributed by atoms with Crippen LogP contribution in [-0.2, 0) is 17.9 Å². The highest BCUT2D eigenvalue weighted by atomic mass is 35.5. The van der Waals surface area contributed by atoms with Gasteiger partial charge in [-0.3, -0.25) is 14.7 Å². The lowest BCUT2D eigenvalue weighted by atomic mass is 10.1. The molecule has 4 aromatic rings. The maximum atomic E-state index is 12.8. The molecule has 0 aliphatic carbocycles. The number of carbonyl (C=O) groups is 1. The fourth-order valence-electron chi connectivity index (χ4n) is 3.93. The zero-order valence-corrected chi connectivity index (χ0v) is 17.9. The van der Waals surface area contributed by atoms with Crippen molar-refractivity contribution in [1.29, 1.82) is 0 Å². The third-order valence-corrected chi connectivity index (χ3v) is 6.71. The van der Waals surface area contributed by atoms with Crippen molar-refractivity contribution in [1.82, 2.24) is 19.8 Å². The first-order valence-corrected chi connectivity index (χ1v) is 11.1. The SMILES string of the molecule is O=C1CN(Cc2cccc(-c3ccc(Cl)s3)c2)CCN1Cc1cc2cnccc2[nH]1. The van der Waals surface area contributed by atoms with Gasteiger partial charge in [0.25, 0.3) is 0 Å². The number of benzene rings is 1. The summed E-state index contributed by atoms with van der Waals surface area (Å²) in [6.45, 7) is 3.41. The Bertz CT molecular complexity index is 1170. The molecule has 1 N–H and O–H groups in total. The van der Waals surface area contributed by atoms with Crippen molar-refractivity contribution in [3.8, 4) is 10.4 Å². The van der Waals surface area contributed by atoms with Crippen molar-refractivity contribution < 1.29 is 4.79 Å². The zero-order valence-electron chi connectivity index (χ0n) is 16.3. The minimum atomic E-state index is 0.166. The number of hydrogen-bond donors (Lipinski definition) is 1. The molecule has 1 aromatic carbocycles. The lowest BCUT2D eigenvalue weighted by Crippen LogP contribution is -2.49. The number of amides is 1. The second-order valence-corrected chi connectivity index (χ2v) is 9.30. The molecule has 0 saturated carbocycles. The van der Waals surface area contributed by atoms with Crippen molar-refractivity contribution in [3.05, 3.63) is 76.5 Å². The minimum Gasteiger partial charge on any atom is -0.357 e. The molecule has 1 amide bonds. The molecule has 1 fully saturated rings. The fraction of sp³-hybridized carbons (Fsp3) is 0.217. The van der Waals surface area contributed by atoms with Crippen LogP contribution < -0.4 is 0 Å². The Labute approximate surface area is 183 Å². The van der Waals surface area contributed by atoms with Gasteiger partial charge in [0.15, 0.2) is 0 Å². The number of aromatic amines is 1. The van der Waals surface area contributed by atoms with Crippen LogP contribution in [0.4, 0.5) is 0 Å². The molecule has 30 heavy (non-hydrogen) atoms. The second kappa shape index (κ2) is 8.22. The highest BCUT2D eigenvalue weighted by Crippen LogP contribution is 2.31. The number of nitrogens with zero attached hydrogens (tertiary/aromatic N) is 3. The summed E-state index contributed by atoms with van der Waals surface area (Å²) in [6.07, 6.45) is 3.61. The Kier molecular flexibility index (Phi) is 5.29. The van der Waals surface area contributed by atoms with Gasteiger partial charge < -0.3 is 9.88 Å². The maximum absolute atomic E-state index is 12.8. The van der Waals surface area contributed by atoms with Crippen molar-refractivity contribution in [2.75, 3.05) is 19.6 Å². The first kappa shape index (κ1) is 19.3. The predicted octanol–water partition coefficient (Wildman–Crippen LogP) is 4.79. The van der Waals surface area contributed by atoms with Crippen molar-refractivity contribution >= 4 is 39.7 Å². The van der Waals surface area contributed by atoms with Crippen LogP contribution in [0.25, 0.3) is 21.3 Å². The molecule has 0 bridgehead atoms. The molecule has 5 rings (SSSR count). The summed E-state index contributed by atoms with van der Waals surface area (Å²) < 4.78 is 0.795. The van der Waals surface area contributed by atoms with Crippen LogP contribution in [0, 0.1) is 0 Å². The lowest BCUT2D eigenvalue weighted by molar-refractivity contribution is -0.136. The molecule has 0 atom stereocenters. The topological polar surface area (TPSA) is 52.2 Å². The van der Waals surface area contributed by atoms with Crippen LogP contribution in [0.15, 0.2) is 60.9 Å². The average molecular weight is 437 g/mol. The number of H-pyrrole nitrogens is 1. The van der Waals surface area contributed by atoms with Gasteiger partial charge in [-0.05, 0) is 41.5 Å². The molecular formula is C23H21ClN4OS. The molecule has 1 saturated heterocycles. The predicted molar refractivity (Wildman–Crippen MR) is 122 cm³/mol. The Hall–Kier alpha value is -2.67. The third kappa shape index (κ3) is 4.12. The molecule has 0 spiro atoms. The van der Waals surface area contributed by atoms with Crippen LogP contribution in [0.2, 0.25) is 4.34 Å². The molecule has 3 aromatic heterocycles. The van der Waals surface area contributed by atoms with Crippen molar-refractivity contribution in [2.24, 2.45) is 0 Å². The summed E-state index contributed by atoms with van der Waals surface area (Å²) in [6, 6.07) is 16.5. The van der Waals surface area contributed by atoms with Gasteiger partial charge in [-0.1, -0.05) is 29.8 Å². The molecule has 152 valence electrons. The summed E-state index contributed by atoms with van der Waals surface area (Å²) in [5.74, 6) is 0.166. The standard InChI is InChI=1S/C23H21ClN4OS/c24-22-5-4-21(30-22)17-3-1-2-16(10-17)13-27-8-9-28(23(29)15-27)14-19-11-18-12-25-7-6-20(18)26-19/h1-7,10-12,26H,8-9,13-15H2. The van der Waals surface area contributed by atoms with Crippen molar-refractivity contribution in [2.45, 2.75) is 13.1 Å². The number of fused-ring (bicyclic) bond motifs is 1. The first-order valence-electron chi connectivity index (χ1n) is 9.90. The summed E-state index contributed by atoms with van der Waals surface area (Å²) in [5.41, 5.74) is 4.48. The van der Waals surface area contributed by atoms with Crippen LogP contribution in [0.3, 0.4) is 0 Å². The quantitative estimate of drug-likeness (QED) is 0.489. The van der Waals surface area contributed by atoms with Gasteiger partial charge in [-0.2, -0.15) is 0 Å². The van der Waals surface area contributed by atoms with Gasteiger partial charge in [0.2, 0.25) is 5.91 Å². The van der Waals surface area contributed by atoms with E-state index in [0.717, 1.165) is 45.4 Å². The van der Waals surface area contributed by atoms with E-state index >= 15 is 0 Å². The van der Waals surface area contributed by atoms with Gasteiger partial charge in [0.1, 0.15) is 0 Å². The minimum absolute atomic E-state index is 0.166. The maximum Gasteiger partial charge on any atom is 0.237 e. The van der Waals surface area contributed by atoms with E-state index in [1.165, 1.54) is 11.1 Å². The van der Waals surface area contributed by atoms with E-state index in [2.05, 4.69) is 51.3 Å². The summed E-state index contributed by atoms with van der Waals surface area (Å²) >= 11 is 7.66. The number of aromatic nitrogens is 2. The van der Waals surface area contributed by atoms with Crippen LogP contribution in [-0.4, -0.2) is 45.3 Å². The van der Waals surface area contributed by atoms with E-state index in [1.54, 1.807) is 17.5 Å². The number of piperazine rings is 1. The van der Waals surface area contributed by atoms with E-state index in [-0.39, 0.29) is 5.91 Å². The number of hydrogen-bond acceptors (Lipinski definition) is 4. The molecule has 1 aliphatic heterocycles. The fourth-order valence-corrected chi connectivity index (χ4v) is 4.97. The normalized spacial score (nSPS) is 15.2. The Morgan fingerprint density at radius 3 is 2.83 bits per heavy atom. The second-order valence-electron chi connectivity index (χ2n) is 7.59. The van der Waals surface area contributed by atoms with Crippen LogP contribution >= 0.6 is 22.9 Å². The third-order valence-electron chi connectivity index (χ3n) is 5.43. The Morgan fingerprint density at radius 1 is 1.10 bits per heavy atom. The number of nitrogens with one attached hydrogen (secondary N) is 1. The molecular weight excluding hydrogens is 416 g/mol. The molecule has 5 nitrogen and oxygen atoms in total. The molecule has 0 radical (unpaired) electrons. The van der Waals surface area contributed by atoms with E-state index in [4.69, 9.17) is 11.6 Å². The highest BCUT2D eigenvalue weighted by Gasteiger charge is 2.24. The smallest absolute Gasteiger partial charge is 0.237 e. The van der Waals surface area contributed by atoms with E-state index in [0.29, 0.717) is 13.1 Å². The highest BCUT2D eigenvalue weighted by molar-refractivity contribution is 7.19. The molecule has 7 heteroatoms. The molecule has 1 aliphatic rings. The first-order chi connectivity index (χ1) is 14.6. The van der Waals surface area contributed by atoms with Gasteiger partial charge in [-0.15, -0.1) is 11.3 Å². The zero-order chi connectivity index (χ0) is 20.5. The summed E-state index contributed by atoms with van der Waals surface area (Å²) in [7, 11) is 0. The molecule has 0 unspecified atom stereocenters. The van der Waals surface area contributed by atoms with Gasteiger partial charge in [-0.25, -0.2) is 0 Å². The van der Waals surface area contributed by atoms with Crippen LogP contribution in [0.5, 0.6) is 0 Å². The van der Waals surface area contributed by atoms with E-state index in [1.807, 2.05) is 23.2 Å². The monoisotopic (exact) mass is 436 g/mol. The number of halogens is 1. The van der Waals surface area contributed by atoms with Gasteiger partial charge in [0, 0.05) is 53.5 Å². The number of thiophene rings is 1. The molecule has 4 heterocycles. The average Bonchev–Trinajstić information content (AvgIpc) is 3.36. The number of rotatable bonds is 5. The van der Waals surface area contributed by atoms with Crippen molar-refractivity contribution in [3.63, 3.8) is 0 Å².